The molecule has 1 saturated heterocycles. The van der Waals surface area contributed by atoms with E-state index in [2.05, 4.69) is 21.2 Å². The average Bonchev–Trinajstić information content (AvgIpc) is 2.99. The van der Waals surface area contributed by atoms with Gasteiger partial charge in [-0.25, -0.2) is 0 Å². The minimum atomic E-state index is -0.528. The maximum atomic E-state index is 13.2. The molecule has 0 bridgehead atoms. The van der Waals surface area contributed by atoms with E-state index in [1.807, 2.05) is 30.3 Å². The first-order chi connectivity index (χ1) is 13.4. The van der Waals surface area contributed by atoms with E-state index in [4.69, 9.17) is 11.6 Å². The first kappa shape index (κ1) is 20.5. The molecule has 3 rings (SSSR count). The smallest absolute Gasteiger partial charge is 0.264 e. The van der Waals surface area contributed by atoms with Crippen LogP contribution in [0.3, 0.4) is 0 Å². The highest BCUT2D eigenvalue weighted by atomic mass is 79.9. The molecule has 1 unspecified atom stereocenters. The highest BCUT2D eigenvalue weighted by molar-refractivity contribution is 9.10. The van der Waals surface area contributed by atoms with Crippen molar-refractivity contribution in [1.82, 2.24) is 5.32 Å². The van der Waals surface area contributed by atoms with Crippen LogP contribution >= 0.6 is 39.3 Å². The van der Waals surface area contributed by atoms with Crippen LogP contribution in [-0.4, -0.2) is 24.1 Å². The molecule has 0 radical (unpaired) electrons. The molecule has 2 amide bonds. The lowest BCUT2D eigenvalue weighted by molar-refractivity contribution is -0.117. The Balaban J connectivity index is 2.04. The summed E-state index contributed by atoms with van der Waals surface area (Å²) < 4.78 is 0.925. The number of carbonyl (C=O) groups is 2. The van der Waals surface area contributed by atoms with Crippen LogP contribution in [0.5, 0.6) is 0 Å². The van der Waals surface area contributed by atoms with E-state index in [0.29, 0.717) is 22.2 Å². The summed E-state index contributed by atoms with van der Waals surface area (Å²) in [6, 6.07) is 16.4. The second-order valence-electron chi connectivity index (χ2n) is 5.96. The van der Waals surface area contributed by atoms with Gasteiger partial charge in [0.05, 0.1) is 5.25 Å². The lowest BCUT2D eigenvalue weighted by atomic mass is 10.1. The van der Waals surface area contributed by atoms with Gasteiger partial charge in [-0.2, -0.15) is 5.26 Å². The Labute approximate surface area is 180 Å². The van der Waals surface area contributed by atoms with Crippen molar-refractivity contribution in [2.45, 2.75) is 11.7 Å². The molecule has 8 heteroatoms. The zero-order chi connectivity index (χ0) is 20.3. The van der Waals surface area contributed by atoms with Crippen LogP contribution in [0.25, 0.3) is 0 Å². The quantitative estimate of drug-likeness (QED) is 0.528. The maximum Gasteiger partial charge on any atom is 0.264 e. The number of amides is 2. The molecule has 0 saturated carbocycles. The highest BCUT2D eigenvalue weighted by Crippen LogP contribution is 2.42. The van der Waals surface area contributed by atoms with E-state index in [1.54, 1.807) is 24.3 Å². The van der Waals surface area contributed by atoms with E-state index in [1.165, 1.54) is 23.7 Å². The van der Waals surface area contributed by atoms with Crippen molar-refractivity contribution >= 4 is 56.8 Å². The second kappa shape index (κ2) is 8.82. The number of carbonyl (C=O) groups excluding carboxylic acids is 2. The van der Waals surface area contributed by atoms with Gasteiger partial charge in [-0.3, -0.25) is 14.5 Å². The minimum absolute atomic E-state index is 0.0902. The predicted molar refractivity (Wildman–Crippen MR) is 115 cm³/mol. The number of thioether (sulfide) groups is 1. The third-order valence-corrected chi connectivity index (χ3v) is 6.14. The highest BCUT2D eigenvalue weighted by Gasteiger charge is 2.40. The molecule has 1 heterocycles. The first-order valence-electron chi connectivity index (χ1n) is 8.31. The molecule has 1 fully saturated rings. The first-order valence-corrected chi connectivity index (χ1v) is 10.4. The van der Waals surface area contributed by atoms with Gasteiger partial charge in [0, 0.05) is 22.2 Å². The number of hydrogen-bond donors (Lipinski definition) is 1. The van der Waals surface area contributed by atoms with Crippen LogP contribution in [0.15, 0.2) is 63.6 Å². The van der Waals surface area contributed by atoms with Crippen molar-refractivity contribution in [3.05, 3.63) is 74.2 Å². The summed E-state index contributed by atoms with van der Waals surface area (Å²) >= 11 is 10.6. The number of anilines is 1. The van der Waals surface area contributed by atoms with Crippen molar-refractivity contribution in [2.24, 2.45) is 0 Å². The number of halogens is 2. The summed E-state index contributed by atoms with van der Waals surface area (Å²) in [5.41, 5.74) is 1.45. The third-order valence-electron chi connectivity index (χ3n) is 4.13. The molecule has 2 aromatic rings. The Morgan fingerprint density at radius 1 is 1.32 bits per heavy atom. The summed E-state index contributed by atoms with van der Waals surface area (Å²) in [7, 11) is 1.45. The molecule has 1 aliphatic rings. The maximum absolute atomic E-state index is 13.2. The zero-order valence-corrected chi connectivity index (χ0v) is 17.9. The molecule has 0 aliphatic carbocycles. The number of likely N-dealkylation sites (N-methyl/N-ethyl adjacent to an activating group) is 1. The summed E-state index contributed by atoms with van der Waals surface area (Å²) in [5.74, 6) is -0.709. The van der Waals surface area contributed by atoms with Gasteiger partial charge in [0.1, 0.15) is 16.7 Å². The fourth-order valence-corrected chi connectivity index (χ4v) is 4.70. The molecular weight excluding hydrogens is 462 g/mol. The third kappa shape index (κ3) is 4.25. The van der Waals surface area contributed by atoms with Crippen molar-refractivity contribution in [1.29, 1.82) is 5.26 Å². The van der Waals surface area contributed by atoms with E-state index in [9.17, 15) is 14.9 Å². The molecule has 5 nitrogen and oxygen atoms in total. The molecule has 28 heavy (non-hydrogen) atoms. The summed E-state index contributed by atoms with van der Waals surface area (Å²) in [6.45, 7) is 0. The number of nitriles is 1. The molecule has 0 aromatic heterocycles. The normalized spacial score (nSPS) is 18.0. The fraction of sp³-hybridized carbons (Fsp3) is 0.150. The lowest BCUT2D eigenvalue weighted by Crippen LogP contribution is -2.31. The van der Waals surface area contributed by atoms with Crippen LogP contribution in [0.1, 0.15) is 5.56 Å². The van der Waals surface area contributed by atoms with Crippen LogP contribution in [-0.2, 0) is 16.0 Å². The van der Waals surface area contributed by atoms with E-state index >= 15 is 0 Å². The van der Waals surface area contributed by atoms with Crippen LogP contribution < -0.4 is 10.2 Å². The number of rotatable bonds is 4. The zero-order valence-electron chi connectivity index (χ0n) is 14.8. The van der Waals surface area contributed by atoms with Crippen molar-refractivity contribution in [3.8, 4) is 6.07 Å². The second-order valence-corrected chi connectivity index (χ2v) is 8.51. The summed E-state index contributed by atoms with van der Waals surface area (Å²) in [4.78, 5) is 26.8. The Morgan fingerprint density at radius 2 is 2.04 bits per heavy atom. The monoisotopic (exact) mass is 475 g/mol. The van der Waals surface area contributed by atoms with Crippen molar-refractivity contribution < 1.29 is 9.59 Å². The topological polar surface area (TPSA) is 73.2 Å². The van der Waals surface area contributed by atoms with Gasteiger partial charge in [-0.1, -0.05) is 51.4 Å². The van der Waals surface area contributed by atoms with Crippen molar-refractivity contribution in [2.75, 3.05) is 11.9 Å². The van der Waals surface area contributed by atoms with Crippen LogP contribution in [0.4, 0.5) is 5.69 Å². The number of nitrogens with one attached hydrogen (secondary N) is 1. The standard InChI is InChI=1S/C20H15BrClN3O2S/c1-24-18(26)16(11-23)20-25(15-7-5-14(22)6-8-15)19(27)17(28-20)10-12-3-2-4-13(21)9-12/h2-9,17H,10H2,1H3,(H,24,26)/b20-16-. The van der Waals surface area contributed by atoms with Crippen LogP contribution in [0, 0.1) is 11.3 Å². The number of benzene rings is 2. The van der Waals surface area contributed by atoms with Gasteiger partial charge in [-0.15, -0.1) is 0 Å². The Morgan fingerprint density at radius 3 is 2.64 bits per heavy atom. The van der Waals surface area contributed by atoms with E-state index in [-0.39, 0.29) is 11.5 Å². The molecule has 0 spiro atoms. The number of hydrogen-bond acceptors (Lipinski definition) is 4. The van der Waals surface area contributed by atoms with Gasteiger partial charge in [0.15, 0.2) is 0 Å². The molecule has 142 valence electrons. The van der Waals surface area contributed by atoms with Crippen molar-refractivity contribution in [3.63, 3.8) is 0 Å². The van der Waals surface area contributed by atoms with Gasteiger partial charge in [-0.05, 0) is 48.4 Å². The van der Waals surface area contributed by atoms with Crippen LogP contribution in [0.2, 0.25) is 5.02 Å². The minimum Gasteiger partial charge on any atom is -0.354 e. The van der Waals surface area contributed by atoms with Gasteiger partial charge >= 0.3 is 0 Å². The van der Waals surface area contributed by atoms with Gasteiger partial charge in [0.25, 0.3) is 5.91 Å². The predicted octanol–water partition coefficient (Wildman–Crippen LogP) is 4.27. The molecule has 2 aromatic carbocycles. The molecular formula is C20H15BrClN3O2S. The summed E-state index contributed by atoms with van der Waals surface area (Å²) in [6.07, 6.45) is 0.475. The average molecular weight is 477 g/mol. The van der Waals surface area contributed by atoms with E-state index < -0.39 is 11.2 Å². The molecule has 1 N–H and O–H groups in total. The van der Waals surface area contributed by atoms with E-state index in [0.717, 1.165) is 10.0 Å². The Kier molecular flexibility index (Phi) is 6.45. The van der Waals surface area contributed by atoms with Gasteiger partial charge < -0.3 is 5.32 Å². The molecule has 1 aliphatic heterocycles. The Hall–Kier alpha value is -2.27. The molecule has 1 atom stereocenters. The number of nitrogens with zero attached hydrogens (tertiary/aromatic N) is 2. The lowest BCUT2D eigenvalue weighted by Gasteiger charge is -2.18. The Bertz CT molecular complexity index is 1000. The summed E-state index contributed by atoms with van der Waals surface area (Å²) in [5, 5.41) is 12.4. The SMILES string of the molecule is CNC(=O)/C(C#N)=C1\SC(Cc2cccc(Br)c2)C(=O)N1c1ccc(Cl)cc1. The fourth-order valence-electron chi connectivity index (χ4n) is 2.82. The van der Waals surface area contributed by atoms with Gasteiger partial charge in [0.2, 0.25) is 5.91 Å². The largest absolute Gasteiger partial charge is 0.354 e.